The van der Waals surface area contributed by atoms with Gasteiger partial charge in [-0.2, -0.15) is 0 Å². The molecule has 1 aromatic heterocycles. The predicted molar refractivity (Wildman–Crippen MR) is 60.3 cm³/mol. The third kappa shape index (κ3) is 2.05. The van der Waals surface area contributed by atoms with Crippen LogP contribution in [0.4, 0.5) is 4.39 Å². The van der Waals surface area contributed by atoms with Gasteiger partial charge in [0.15, 0.2) is 0 Å². The van der Waals surface area contributed by atoms with Gasteiger partial charge in [0, 0.05) is 11.8 Å². The summed E-state index contributed by atoms with van der Waals surface area (Å²) < 4.78 is 14.4. The molecule has 0 radical (unpaired) electrons. The van der Waals surface area contributed by atoms with E-state index in [9.17, 15) is 9.18 Å². The zero-order chi connectivity index (χ0) is 11.5. The fourth-order valence-electron chi connectivity index (χ4n) is 1.65. The summed E-state index contributed by atoms with van der Waals surface area (Å²) >= 11 is 0. The molecule has 1 N–H and O–H groups in total. The van der Waals surface area contributed by atoms with Crippen molar-refractivity contribution in [1.82, 2.24) is 9.78 Å². The lowest BCUT2D eigenvalue weighted by Gasteiger charge is -2.01. The molecule has 3 nitrogen and oxygen atoms in total. The van der Waals surface area contributed by atoms with E-state index < -0.39 is 0 Å². The summed E-state index contributed by atoms with van der Waals surface area (Å²) in [5.74, 6) is -0.351. The standard InChI is InChI=1S/C12H13FN2O/c1-2-4-10-8-12(16)15(14-10)11-6-3-5-9(13)7-11/h3,5-8,14H,2,4H2,1H3. The van der Waals surface area contributed by atoms with Gasteiger partial charge in [-0.25, -0.2) is 9.07 Å². The van der Waals surface area contributed by atoms with Gasteiger partial charge in [-0.3, -0.25) is 9.89 Å². The molecule has 4 heteroatoms. The Morgan fingerprint density at radius 1 is 1.38 bits per heavy atom. The molecule has 0 bridgehead atoms. The Morgan fingerprint density at radius 2 is 2.19 bits per heavy atom. The van der Waals surface area contributed by atoms with Crippen molar-refractivity contribution in [2.75, 3.05) is 0 Å². The molecule has 0 saturated heterocycles. The zero-order valence-corrected chi connectivity index (χ0v) is 9.03. The second kappa shape index (κ2) is 4.35. The van der Waals surface area contributed by atoms with E-state index >= 15 is 0 Å². The molecule has 0 spiro atoms. The van der Waals surface area contributed by atoms with Gasteiger partial charge >= 0.3 is 0 Å². The lowest BCUT2D eigenvalue weighted by molar-refractivity contribution is 0.624. The number of benzene rings is 1. The number of aryl methyl sites for hydroxylation is 1. The first-order valence-corrected chi connectivity index (χ1v) is 5.27. The Bertz CT molecular complexity index is 542. The van der Waals surface area contributed by atoms with Gasteiger partial charge in [0.25, 0.3) is 5.56 Å². The van der Waals surface area contributed by atoms with E-state index in [2.05, 4.69) is 5.10 Å². The Labute approximate surface area is 92.5 Å². The number of aromatic amines is 1. The minimum atomic E-state index is -0.351. The first kappa shape index (κ1) is 10.7. The smallest absolute Gasteiger partial charge is 0.271 e. The summed E-state index contributed by atoms with van der Waals surface area (Å²) in [4.78, 5) is 11.6. The molecule has 2 rings (SSSR count). The van der Waals surface area contributed by atoms with Gasteiger partial charge in [0.05, 0.1) is 5.69 Å². The molecule has 1 heterocycles. The Kier molecular flexibility index (Phi) is 2.90. The van der Waals surface area contributed by atoms with E-state index in [1.807, 2.05) is 6.92 Å². The summed E-state index contributed by atoms with van der Waals surface area (Å²) in [6.07, 6.45) is 1.78. The Hall–Kier alpha value is -1.84. The van der Waals surface area contributed by atoms with Crippen LogP contribution in [-0.4, -0.2) is 9.78 Å². The molecule has 0 aliphatic heterocycles. The maximum absolute atomic E-state index is 13.0. The van der Waals surface area contributed by atoms with Crippen LogP contribution >= 0.6 is 0 Å². The molecule has 0 aliphatic rings. The average Bonchev–Trinajstić information content (AvgIpc) is 2.60. The van der Waals surface area contributed by atoms with Crippen LogP contribution in [-0.2, 0) is 6.42 Å². The first-order valence-electron chi connectivity index (χ1n) is 5.27. The van der Waals surface area contributed by atoms with Crippen molar-refractivity contribution in [3.05, 3.63) is 52.2 Å². The molecule has 0 fully saturated rings. The molecule has 1 aromatic carbocycles. The number of hydrogen-bond acceptors (Lipinski definition) is 1. The van der Waals surface area contributed by atoms with Gasteiger partial charge < -0.3 is 0 Å². The molecule has 0 amide bonds. The summed E-state index contributed by atoms with van der Waals surface area (Å²) in [6.45, 7) is 2.04. The van der Waals surface area contributed by atoms with Crippen LogP contribution < -0.4 is 5.56 Å². The highest BCUT2D eigenvalue weighted by Crippen LogP contribution is 2.07. The topological polar surface area (TPSA) is 37.8 Å². The Morgan fingerprint density at radius 3 is 2.88 bits per heavy atom. The van der Waals surface area contributed by atoms with Gasteiger partial charge in [0.1, 0.15) is 5.82 Å². The fraction of sp³-hybridized carbons (Fsp3) is 0.250. The van der Waals surface area contributed by atoms with Gasteiger partial charge in [-0.05, 0) is 24.6 Å². The molecule has 84 valence electrons. The quantitative estimate of drug-likeness (QED) is 0.846. The fourth-order valence-corrected chi connectivity index (χ4v) is 1.65. The SMILES string of the molecule is CCCc1cc(=O)n(-c2cccc(F)c2)[nH]1. The third-order valence-electron chi connectivity index (χ3n) is 2.36. The second-order valence-electron chi connectivity index (χ2n) is 3.68. The predicted octanol–water partition coefficient (Wildman–Crippen LogP) is 2.26. The molecule has 2 aromatic rings. The van der Waals surface area contributed by atoms with Crippen molar-refractivity contribution < 1.29 is 4.39 Å². The number of nitrogens with one attached hydrogen (secondary N) is 1. The van der Waals surface area contributed by atoms with E-state index in [-0.39, 0.29) is 11.4 Å². The van der Waals surface area contributed by atoms with Gasteiger partial charge in [0.2, 0.25) is 0 Å². The van der Waals surface area contributed by atoms with E-state index in [1.54, 1.807) is 18.2 Å². The number of hydrogen-bond donors (Lipinski definition) is 1. The van der Waals surface area contributed by atoms with Crippen LogP contribution in [0.2, 0.25) is 0 Å². The van der Waals surface area contributed by atoms with Crippen LogP contribution in [0, 0.1) is 5.82 Å². The van der Waals surface area contributed by atoms with Crippen molar-refractivity contribution >= 4 is 0 Å². The van der Waals surface area contributed by atoms with Crippen LogP contribution in [0.5, 0.6) is 0 Å². The highest BCUT2D eigenvalue weighted by molar-refractivity contribution is 5.31. The van der Waals surface area contributed by atoms with Crippen LogP contribution in [0.15, 0.2) is 35.1 Å². The van der Waals surface area contributed by atoms with Crippen molar-refractivity contribution in [3.63, 3.8) is 0 Å². The highest BCUT2D eigenvalue weighted by atomic mass is 19.1. The van der Waals surface area contributed by atoms with Crippen molar-refractivity contribution in [1.29, 1.82) is 0 Å². The number of nitrogens with zero attached hydrogens (tertiary/aromatic N) is 1. The number of aromatic nitrogens is 2. The lowest BCUT2D eigenvalue weighted by Crippen LogP contribution is -2.13. The molecule has 0 aliphatic carbocycles. The summed E-state index contributed by atoms with van der Waals surface area (Å²) in [7, 11) is 0. The zero-order valence-electron chi connectivity index (χ0n) is 9.03. The second-order valence-corrected chi connectivity index (χ2v) is 3.68. The monoisotopic (exact) mass is 220 g/mol. The van der Waals surface area contributed by atoms with E-state index in [0.717, 1.165) is 18.5 Å². The summed E-state index contributed by atoms with van der Waals surface area (Å²) in [6, 6.07) is 7.50. The summed E-state index contributed by atoms with van der Waals surface area (Å²) in [5.41, 5.74) is 1.23. The van der Waals surface area contributed by atoms with Crippen molar-refractivity contribution in [2.24, 2.45) is 0 Å². The molecule has 0 saturated carbocycles. The summed E-state index contributed by atoms with van der Waals surface area (Å²) in [5, 5.41) is 2.96. The van der Waals surface area contributed by atoms with Crippen LogP contribution in [0.3, 0.4) is 0 Å². The minimum absolute atomic E-state index is 0.158. The number of H-pyrrole nitrogens is 1. The van der Waals surface area contributed by atoms with E-state index in [4.69, 9.17) is 0 Å². The van der Waals surface area contributed by atoms with Gasteiger partial charge in [-0.15, -0.1) is 0 Å². The average molecular weight is 220 g/mol. The van der Waals surface area contributed by atoms with Crippen LogP contribution in [0.25, 0.3) is 5.69 Å². The Balaban J connectivity index is 2.44. The van der Waals surface area contributed by atoms with E-state index in [1.165, 1.54) is 16.8 Å². The number of halogens is 1. The maximum Gasteiger partial charge on any atom is 0.271 e. The molecule has 0 atom stereocenters. The maximum atomic E-state index is 13.0. The molecular weight excluding hydrogens is 207 g/mol. The number of rotatable bonds is 3. The van der Waals surface area contributed by atoms with Crippen molar-refractivity contribution in [2.45, 2.75) is 19.8 Å². The first-order chi connectivity index (χ1) is 7.70. The van der Waals surface area contributed by atoms with Crippen LogP contribution in [0.1, 0.15) is 19.0 Å². The third-order valence-corrected chi connectivity index (χ3v) is 2.36. The largest absolute Gasteiger partial charge is 0.295 e. The lowest BCUT2D eigenvalue weighted by atomic mass is 10.3. The minimum Gasteiger partial charge on any atom is -0.295 e. The molecule has 16 heavy (non-hydrogen) atoms. The van der Waals surface area contributed by atoms with E-state index in [0.29, 0.717) is 5.69 Å². The highest BCUT2D eigenvalue weighted by Gasteiger charge is 2.04. The molecule has 0 unspecified atom stereocenters. The van der Waals surface area contributed by atoms with Gasteiger partial charge in [-0.1, -0.05) is 19.4 Å². The normalized spacial score (nSPS) is 10.6. The van der Waals surface area contributed by atoms with Crippen molar-refractivity contribution in [3.8, 4) is 5.69 Å². The molecular formula is C12H13FN2O.